The van der Waals surface area contributed by atoms with Crippen molar-refractivity contribution in [3.8, 4) is 0 Å². The van der Waals surface area contributed by atoms with E-state index in [9.17, 15) is 4.79 Å². The molecule has 3 heteroatoms. The molecule has 27 heavy (non-hydrogen) atoms. The molecule has 0 spiro atoms. The summed E-state index contributed by atoms with van der Waals surface area (Å²) in [5.41, 5.74) is 6.27. The van der Waals surface area contributed by atoms with Crippen molar-refractivity contribution in [2.45, 2.75) is 19.3 Å². The molecule has 0 N–H and O–H groups in total. The maximum absolute atomic E-state index is 13.1. The van der Waals surface area contributed by atoms with Gasteiger partial charge in [0.05, 0.1) is 0 Å². The number of carbonyl (C=O) groups is 1. The highest BCUT2D eigenvalue weighted by molar-refractivity contribution is 6.14. The van der Waals surface area contributed by atoms with Crippen LogP contribution >= 0.6 is 0 Å². The molecule has 1 aliphatic carbocycles. The number of hydrogen-bond acceptors (Lipinski definition) is 3. The van der Waals surface area contributed by atoms with Gasteiger partial charge < -0.3 is 9.80 Å². The Morgan fingerprint density at radius 3 is 1.52 bits per heavy atom. The van der Waals surface area contributed by atoms with E-state index >= 15 is 0 Å². The van der Waals surface area contributed by atoms with Gasteiger partial charge in [0.15, 0.2) is 5.78 Å². The minimum Gasteiger partial charge on any atom is -0.377 e. The lowest BCUT2D eigenvalue weighted by Gasteiger charge is -2.20. The van der Waals surface area contributed by atoms with Gasteiger partial charge in [-0.15, -0.1) is 0 Å². The lowest BCUT2D eigenvalue weighted by molar-refractivity contribution is -0.112. The smallest absolute Gasteiger partial charge is 0.185 e. The monoisotopic (exact) mass is 360 g/mol. The topological polar surface area (TPSA) is 23.6 Å². The molecule has 3 nitrogen and oxygen atoms in total. The summed E-state index contributed by atoms with van der Waals surface area (Å²) in [5.74, 6) is 0.184. The molecule has 2 aromatic rings. The molecule has 1 aliphatic rings. The summed E-state index contributed by atoms with van der Waals surface area (Å²) in [4.78, 5) is 17.3. The van der Waals surface area contributed by atoms with E-state index < -0.39 is 0 Å². The third-order valence-electron chi connectivity index (χ3n) is 4.97. The highest BCUT2D eigenvalue weighted by Gasteiger charge is 2.21. The number of hydrogen-bond donors (Lipinski definition) is 0. The van der Waals surface area contributed by atoms with Crippen LogP contribution in [0.15, 0.2) is 59.7 Å². The van der Waals surface area contributed by atoms with Crippen molar-refractivity contribution < 1.29 is 4.79 Å². The van der Waals surface area contributed by atoms with Gasteiger partial charge in [-0.2, -0.15) is 0 Å². The van der Waals surface area contributed by atoms with Crippen molar-refractivity contribution in [3.05, 3.63) is 70.8 Å². The molecule has 2 aromatic carbocycles. The standard InChI is InChI=1S/C24H28N2O/c1-25(2)22-14-7-5-10-18(22)16-20-12-9-13-21(24(20)27)17-19-11-6-8-15-23(19)26(3)4/h5-8,10-11,14-17H,9,12-13H2,1-4H3/b20-16-,21-17+. The van der Waals surface area contributed by atoms with Gasteiger partial charge in [-0.1, -0.05) is 36.4 Å². The first-order chi connectivity index (χ1) is 13.0. The van der Waals surface area contributed by atoms with Gasteiger partial charge in [0.25, 0.3) is 0 Å². The summed E-state index contributed by atoms with van der Waals surface area (Å²) in [6, 6.07) is 16.4. The molecule has 0 aromatic heterocycles. The first kappa shape index (κ1) is 19.0. The molecule has 0 atom stereocenters. The lowest BCUT2D eigenvalue weighted by atomic mass is 9.86. The fraction of sp³-hybridized carbons (Fsp3) is 0.292. The number of allylic oxidation sites excluding steroid dienone is 2. The zero-order valence-corrected chi connectivity index (χ0v) is 16.7. The highest BCUT2D eigenvalue weighted by atomic mass is 16.1. The molecule has 1 saturated carbocycles. The zero-order chi connectivity index (χ0) is 19.4. The average molecular weight is 361 g/mol. The van der Waals surface area contributed by atoms with Gasteiger partial charge in [0.1, 0.15) is 0 Å². The number of para-hydroxylation sites is 2. The second-order valence-electron chi connectivity index (χ2n) is 7.43. The summed E-state index contributed by atoms with van der Waals surface area (Å²) in [6.07, 6.45) is 6.84. The van der Waals surface area contributed by atoms with Crippen LogP contribution in [0.3, 0.4) is 0 Å². The minimum absolute atomic E-state index is 0.184. The number of benzene rings is 2. The second-order valence-corrected chi connectivity index (χ2v) is 7.43. The van der Waals surface area contributed by atoms with Crippen LogP contribution in [-0.2, 0) is 4.79 Å². The van der Waals surface area contributed by atoms with Crippen molar-refractivity contribution >= 4 is 29.3 Å². The molecule has 1 fully saturated rings. The fourth-order valence-corrected chi connectivity index (χ4v) is 3.59. The normalized spacial score (nSPS) is 17.4. The first-order valence-electron chi connectivity index (χ1n) is 9.46. The molecule has 3 rings (SSSR count). The quantitative estimate of drug-likeness (QED) is 0.714. The Hall–Kier alpha value is -2.81. The van der Waals surface area contributed by atoms with E-state index in [1.165, 1.54) is 0 Å². The van der Waals surface area contributed by atoms with Crippen LogP contribution in [0.2, 0.25) is 0 Å². The number of rotatable bonds is 4. The van der Waals surface area contributed by atoms with Gasteiger partial charge in [0, 0.05) is 50.7 Å². The van der Waals surface area contributed by atoms with Crippen molar-refractivity contribution in [1.82, 2.24) is 0 Å². The van der Waals surface area contributed by atoms with E-state index in [0.717, 1.165) is 52.9 Å². The summed E-state index contributed by atoms with van der Waals surface area (Å²) in [5, 5.41) is 0. The average Bonchev–Trinajstić information content (AvgIpc) is 2.65. The highest BCUT2D eigenvalue weighted by Crippen LogP contribution is 2.31. The SMILES string of the molecule is CN(C)c1ccccc1/C=C1/CCC/C(=C\c2ccccc2N(C)C)C1=O. The van der Waals surface area contributed by atoms with Gasteiger partial charge in [-0.05, 0) is 54.7 Å². The number of ketones is 1. The summed E-state index contributed by atoms with van der Waals surface area (Å²) in [7, 11) is 8.13. The molecular formula is C24H28N2O. The van der Waals surface area contributed by atoms with Crippen LogP contribution < -0.4 is 9.80 Å². The number of anilines is 2. The largest absolute Gasteiger partial charge is 0.377 e. The molecule has 0 bridgehead atoms. The Kier molecular flexibility index (Phi) is 5.80. The Bertz CT molecular complexity index is 819. The van der Waals surface area contributed by atoms with Crippen LogP contribution in [0.4, 0.5) is 11.4 Å². The van der Waals surface area contributed by atoms with Crippen LogP contribution in [0, 0.1) is 0 Å². The lowest BCUT2D eigenvalue weighted by Crippen LogP contribution is -2.14. The van der Waals surface area contributed by atoms with Crippen LogP contribution in [0.1, 0.15) is 30.4 Å². The van der Waals surface area contributed by atoms with E-state index in [-0.39, 0.29) is 5.78 Å². The Morgan fingerprint density at radius 1 is 0.704 bits per heavy atom. The van der Waals surface area contributed by atoms with Crippen LogP contribution in [-0.4, -0.2) is 34.0 Å². The predicted molar refractivity (Wildman–Crippen MR) is 116 cm³/mol. The zero-order valence-electron chi connectivity index (χ0n) is 16.7. The first-order valence-corrected chi connectivity index (χ1v) is 9.46. The summed E-state index contributed by atoms with van der Waals surface area (Å²) < 4.78 is 0. The molecular weight excluding hydrogens is 332 g/mol. The Morgan fingerprint density at radius 2 is 1.11 bits per heavy atom. The molecule has 0 radical (unpaired) electrons. The van der Waals surface area contributed by atoms with E-state index in [1.54, 1.807) is 0 Å². The fourth-order valence-electron chi connectivity index (χ4n) is 3.59. The molecule has 140 valence electrons. The second kappa shape index (κ2) is 8.26. The third-order valence-corrected chi connectivity index (χ3v) is 4.97. The maximum atomic E-state index is 13.1. The molecule has 0 saturated heterocycles. The van der Waals surface area contributed by atoms with Gasteiger partial charge >= 0.3 is 0 Å². The Labute approximate surface area is 162 Å². The summed E-state index contributed by atoms with van der Waals surface area (Å²) in [6.45, 7) is 0. The molecule has 0 heterocycles. The van der Waals surface area contributed by atoms with E-state index in [2.05, 4.69) is 46.2 Å². The van der Waals surface area contributed by atoms with Crippen molar-refractivity contribution in [1.29, 1.82) is 0 Å². The number of carbonyl (C=O) groups excluding carboxylic acids is 1. The van der Waals surface area contributed by atoms with E-state index in [1.807, 2.05) is 52.5 Å². The van der Waals surface area contributed by atoms with Gasteiger partial charge in [-0.25, -0.2) is 0 Å². The summed E-state index contributed by atoms with van der Waals surface area (Å²) >= 11 is 0. The van der Waals surface area contributed by atoms with Crippen molar-refractivity contribution in [2.24, 2.45) is 0 Å². The van der Waals surface area contributed by atoms with Crippen molar-refractivity contribution in [2.75, 3.05) is 38.0 Å². The Balaban J connectivity index is 1.96. The predicted octanol–water partition coefficient (Wildman–Crippen LogP) is 5.04. The maximum Gasteiger partial charge on any atom is 0.185 e. The number of Topliss-reactive ketones (excluding diaryl/α,β-unsaturated/α-hetero) is 1. The van der Waals surface area contributed by atoms with E-state index in [4.69, 9.17) is 0 Å². The molecule has 0 unspecified atom stereocenters. The van der Waals surface area contributed by atoms with Gasteiger partial charge in [-0.3, -0.25) is 4.79 Å². The minimum atomic E-state index is 0.184. The van der Waals surface area contributed by atoms with Crippen molar-refractivity contribution in [3.63, 3.8) is 0 Å². The van der Waals surface area contributed by atoms with Crippen LogP contribution in [0.25, 0.3) is 12.2 Å². The van der Waals surface area contributed by atoms with E-state index in [0.29, 0.717) is 0 Å². The number of nitrogens with zero attached hydrogens (tertiary/aromatic N) is 2. The van der Waals surface area contributed by atoms with Crippen LogP contribution in [0.5, 0.6) is 0 Å². The third kappa shape index (κ3) is 4.30. The molecule has 0 amide bonds. The van der Waals surface area contributed by atoms with Gasteiger partial charge in [0.2, 0.25) is 0 Å². The molecule has 0 aliphatic heterocycles.